The molecular formula is C25H36N4O3. The fourth-order valence-corrected chi connectivity index (χ4v) is 4.95. The number of nitrogens with zero attached hydrogens (tertiary/aromatic N) is 4. The predicted octanol–water partition coefficient (Wildman–Crippen LogP) is 2.82. The number of ether oxygens (including phenoxy) is 1. The molecule has 0 bridgehead atoms. The van der Waals surface area contributed by atoms with Gasteiger partial charge in [-0.25, -0.2) is 5.01 Å². The van der Waals surface area contributed by atoms with E-state index in [1.165, 1.54) is 16.1 Å². The first-order valence-corrected chi connectivity index (χ1v) is 12.0. The smallest absolute Gasteiger partial charge is 0.270 e. The van der Waals surface area contributed by atoms with Crippen LogP contribution in [0.1, 0.15) is 49.7 Å². The summed E-state index contributed by atoms with van der Waals surface area (Å²) in [5, 5.41) is 5.59. The highest BCUT2D eigenvalue weighted by Crippen LogP contribution is 2.23. The molecule has 0 saturated carbocycles. The fourth-order valence-electron chi connectivity index (χ4n) is 4.95. The van der Waals surface area contributed by atoms with Gasteiger partial charge < -0.3 is 9.64 Å². The molecule has 0 aliphatic carbocycles. The van der Waals surface area contributed by atoms with E-state index in [2.05, 4.69) is 41.2 Å². The van der Waals surface area contributed by atoms with Crippen molar-refractivity contribution in [2.75, 3.05) is 39.8 Å². The molecule has 2 fully saturated rings. The van der Waals surface area contributed by atoms with Crippen molar-refractivity contribution < 1.29 is 14.3 Å². The van der Waals surface area contributed by atoms with Gasteiger partial charge in [0, 0.05) is 46.1 Å². The molecule has 1 aromatic carbocycles. The fraction of sp³-hybridized carbons (Fsp3) is 0.640. The van der Waals surface area contributed by atoms with Crippen LogP contribution in [0.3, 0.4) is 0 Å². The zero-order valence-electron chi connectivity index (χ0n) is 19.5. The molecule has 7 heteroatoms. The van der Waals surface area contributed by atoms with Crippen LogP contribution in [0.15, 0.2) is 29.4 Å². The van der Waals surface area contributed by atoms with Crippen molar-refractivity contribution in [1.29, 1.82) is 0 Å². The van der Waals surface area contributed by atoms with Crippen LogP contribution in [-0.2, 0) is 20.9 Å². The number of hydrazone groups is 1. The molecule has 3 aliphatic heterocycles. The van der Waals surface area contributed by atoms with Gasteiger partial charge in [0.1, 0.15) is 5.71 Å². The SMILES string of the molecule is Cc1ccccc1CN1CCC(CN(C[C@H]2CCCO2)C(=O)C2=NN(C)C(=O)CC2)CC1. The summed E-state index contributed by atoms with van der Waals surface area (Å²) >= 11 is 0. The molecule has 32 heavy (non-hydrogen) atoms. The number of likely N-dealkylation sites (tertiary alicyclic amines) is 1. The molecule has 2 saturated heterocycles. The highest BCUT2D eigenvalue weighted by atomic mass is 16.5. The molecule has 174 valence electrons. The summed E-state index contributed by atoms with van der Waals surface area (Å²) in [5.74, 6) is 0.424. The van der Waals surface area contributed by atoms with Crippen molar-refractivity contribution in [2.24, 2.45) is 11.0 Å². The van der Waals surface area contributed by atoms with Crippen LogP contribution in [0, 0.1) is 12.8 Å². The van der Waals surface area contributed by atoms with Gasteiger partial charge in [0.2, 0.25) is 5.91 Å². The first-order valence-electron chi connectivity index (χ1n) is 12.0. The summed E-state index contributed by atoms with van der Waals surface area (Å²) in [6.07, 6.45) is 5.14. The monoisotopic (exact) mass is 440 g/mol. The van der Waals surface area contributed by atoms with E-state index in [0.717, 1.165) is 58.5 Å². The second kappa shape index (κ2) is 10.6. The normalized spacial score (nSPS) is 22.8. The molecule has 4 rings (SSSR count). The van der Waals surface area contributed by atoms with Gasteiger partial charge in [0.05, 0.1) is 6.10 Å². The number of amides is 2. The molecule has 0 N–H and O–H groups in total. The third-order valence-corrected chi connectivity index (χ3v) is 7.03. The molecule has 3 aliphatic rings. The van der Waals surface area contributed by atoms with Crippen LogP contribution >= 0.6 is 0 Å². The van der Waals surface area contributed by atoms with E-state index >= 15 is 0 Å². The quantitative estimate of drug-likeness (QED) is 0.654. The van der Waals surface area contributed by atoms with E-state index in [1.807, 2.05) is 4.90 Å². The summed E-state index contributed by atoms with van der Waals surface area (Å²) in [7, 11) is 1.63. The number of carbonyl (C=O) groups is 2. The maximum absolute atomic E-state index is 13.3. The van der Waals surface area contributed by atoms with Crippen molar-refractivity contribution in [2.45, 2.75) is 58.1 Å². The van der Waals surface area contributed by atoms with Crippen molar-refractivity contribution in [3.63, 3.8) is 0 Å². The van der Waals surface area contributed by atoms with Crippen molar-refractivity contribution in [1.82, 2.24) is 14.8 Å². The zero-order valence-corrected chi connectivity index (χ0v) is 19.5. The summed E-state index contributed by atoms with van der Waals surface area (Å²) < 4.78 is 5.84. The minimum absolute atomic E-state index is 0.0258. The Labute approximate surface area is 191 Å². The van der Waals surface area contributed by atoms with Crippen molar-refractivity contribution >= 4 is 17.5 Å². The van der Waals surface area contributed by atoms with Crippen LogP contribution in [0.2, 0.25) is 0 Å². The van der Waals surface area contributed by atoms with Gasteiger partial charge in [-0.3, -0.25) is 14.5 Å². The molecule has 0 aromatic heterocycles. The standard InChI is InChI=1S/C25H36N4O3/c1-19-6-3-4-7-21(19)17-28-13-11-20(12-14-28)16-29(18-22-8-5-15-32-22)25(31)23-9-10-24(30)27(2)26-23/h3-4,6-7,20,22H,5,8-18H2,1-2H3/t22-/m1/s1. The van der Waals surface area contributed by atoms with Crippen molar-refractivity contribution in [3.8, 4) is 0 Å². The lowest BCUT2D eigenvalue weighted by atomic mass is 9.95. The zero-order chi connectivity index (χ0) is 22.5. The summed E-state index contributed by atoms with van der Waals surface area (Å²) in [5.41, 5.74) is 3.25. The topological polar surface area (TPSA) is 65.5 Å². The summed E-state index contributed by atoms with van der Waals surface area (Å²) in [6.45, 7) is 7.43. The second-order valence-corrected chi connectivity index (χ2v) is 9.46. The number of hydrogen-bond donors (Lipinski definition) is 0. The Morgan fingerprint density at radius 1 is 1.16 bits per heavy atom. The van der Waals surface area contributed by atoms with Crippen molar-refractivity contribution in [3.05, 3.63) is 35.4 Å². The van der Waals surface area contributed by atoms with E-state index in [0.29, 0.717) is 31.0 Å². The van der Waals surface area contributed by atoms with Crippen LogP contribution < -0.4 is 0 Å². The highest BCUT2D eigenvalue weighted by Gasteiger charge is 2.31. The van der Waals surface area contributed by atoms with Crippen LogP contribution in [-0.4, -0.2) is 78.3 Å². The Balaban J connectivity index is 1.36. The maximum atomic E-state index is 13.3. The lowest BCUT2D eigenvalue weighted by molar-refractivity contribution is -0.131. The first kappa shape index (κ1) is 22.9. The third-order valence-electron chi connectivity index (χ3n) is 7.03. The van der Waals surface area contributed by atoms with Crippen LogP contribution in [0.5, 0.6) is 0 Å². The summed E-state index contributed by atoms with van der Waals surface area (Å²) in [6, 6.07) is 8.60. The van der Waals surface area contributed by atoms with E-state index in [1.54, 1.807) is 7.05 Å². The number of hydrogen-bond acceptors (Lipinski definition) is 5. The average molecular weight is 441 g/mol. The van der Waals surface area contributed by atoms with Gasteiger partial charge in [-0.1, -0.05) is 24.3 Å². The highest BCUT2D eigenvalue weighted by molar-refractivity contribution is 6.39. The van der Waals surface area contributed by atoms with E-state index < -0.39 is 0 Å². The minimum atomic E-state index is -0.0340. The molecule has 1 aromatic rings. The Kier molecular flexibility index (Phi) is 7.58. The molecule has 2 amide bonds. The largest absolute Gasteiger partial charge is 0.376 e. The van der Waals surface area contributed by atoms with Crippen LogP contribution in [0.4, 0.5) is 0 Å². The molecule has 0 unspecified atom stereocenters. The Morgan fingerprint density at radius 2 is 1.94 bits per heavy atom. The molecule has 7 nitrogen and oxygen atoms in total. The number of benzene rings is 1. The molecule has 1 atom stereocenters. The number of rotatable bonds is 7. The lowest BCUT2D eigenvalue weighted by Crippen LogP contribution is -2.47. The second-order valence-electron chi connectivity index (χ2n) is 9.46. The maximum Gasteiger partial charge on any atom is 0.270 e. The van der Waals surface area contributed by atoms with E-state index in [4.69, 9.17) is 4.74 Å². The lowest BCUT2D eigenvalue weighted by Gasteiger charge is -2.36. The molecule has 3 heterocycles. The Morgan fingerprint density at radius 3 is 2.62 bits per heavy atom. The van der Waals surface area contributed by atoms with Gasteiger partial charge in [0.25, 0.3) is 5.91 Å². The minimum Gasteiger partial charge on any atom is -0.376 e. The number of aryl methyl sites for hydroxylation is 1. The van der Waals surface area contributed by atoms with Gasteiger partial charge in [-0.2, -0.15) is 5.10 Å². The molecule has 0 radical (unpaired) electrons. The molecular weight excluding hydrogens is 404 g/mol. The number of piperidine rings is 1. The predicted molar refractivity (Wildman–Crippen MR) is 124 cm³/mol. The average Bonchev–Trinajstić information content (AvgIpc) is 3.31. The van der Waals surface area contributed by atoms with Gasteiger partial charge in [-0.05, 0) is 62.7 Å². The van der Waals surface area contributed by atoms with Crippen LogP contribution in [0.25, 0.3) is 0 Å². The Bertz CT molecular complexity index is 841. The third kappa shape index (κ3) is 5.75. The number of carbonyl (C=O) groups excluding carboxylic acids is 2. The first-order chi connectivity index (χ1) is 15.5. The van der Waals surface area contributed by atoms with E-state index in [9.17, 15) is 9.59 Å². The van der Waals surface area contributed by atoms with Gasteiger partial charge in [-0.15, -0.1) is 0 Å². The summed E-state index contributed by atoms with van der Waals surface area (Å²) in [4.78, 5) is 29.6. The van der Waals surface area contributed by atoms with Gasteiger partial charge >= 0.3 is 0 Å². The van der Waals surface area contributed by atoms with E-state index in [-0.39, 0.29) is 17.9 Å². The van der Waals surface area contributed by atoms with Gasteiger partial charge in [0.15, 0.2) is 0 Å². The Hall–Kier alpha value is -2.25. The molecule has 0 spiro atoms.